The number of para-hydroxylation sites is 1. The van der Waals surface area contributed by atoms with Crippen molar-refractivity contribution in [1.29, 1.82) is 0 Å². The lowest BCUT2D eigenvalue weighted by molar-refractivity contribution is -0.137. The Balaban J connectivity index is 2.31. The van der Waals surface area contributed by atoms with Crippen LogP contribution in [0, 0.1) is 0 Å². The summed E-state index contributed by atoms with van der Waals surface area (Å²) in [6.07, 6.45) is 1.00. The first kappa shape index (κ1) is 14.6. The largest absolute Gasteiger partial charge is 0.468 e. The van der Waals surface area contributed by atoms with Gasteiger partial charge in [-0.25, -0.2) is 9.97 Å². The molecule has 0 radical (unpaired) electrons. The Hall–Kier alpha value is -1.82. The molecule has 0 atom stereocenters. The van der Waals surface area contributed by atoms with E-state index in [0.29, 0.717) is 5.95 Å². The highest BCUT2D eigenvalue weighted by atomic mass is 32.2. The molecule has 0 spiro atoms. The zero-order valence-electron chi connectivity index (χ0n) is 11.5. The molecule has 1 N–H and O–H groups in total. The Morgan fingerprint density at radius 2 is 2.15 bits per heavy atom. The van der Waals surface area contributed by atoms with Crippen LogP contribution in [0.5, 0.6) is 0 Å². The number of esters is 1. The summed E-state index contributed by atoms with van der Waals surface area (Å²) < 4.78 is 4.66. The van der Waals surface area contributed by atoms with E-state index in [-0.39, 0.29) is 11.7 Å². The van der Waals surface area contributed by atoms with Gasteiger partial charge in [0.25, 0.3) is 0 Å². The highest BCUT2D eigenvalue weighted by Gasteiger charge is 2.10. The van der Waals surface area contributed by atoms with Gasteiger partial charge in [-0.15, -0.1) is 0 Å². The van der Waals surface area contributed by atoms with Gasteiger partial charge in [0.1, 0.15) is 5.03 Å². The third kappa shape index (κ3) is 3.60. The number of rotatable bonds is 6. The number of methoxy groups -OCH3 is 1. The molecule has 2 rings (SSSR count). The number of carbonyl (C=O) groups excluding carboxylic acids is 1. The van der Waals surface area contributed by atoms with Gasteiger partial charge < -0.3 is 10.1 Å². The highest BCUT2D eigenvalue weighted by molar-refractivity contribution is 8.00. The highest BCUT2D eigenvalue weighted by Crippen LogP contribution is 2.26. The van der Waals surface area contributed by atoms with Crippen molar-refractivity contribution >= 4 is 34.6 Å². The van der Waals surface area contributed by atoms with E-state index in [1.54, 1.807) is 0 Å². The Morgan fingerprint density at radius 3 is 2.90 bits per heavy atom. The number of benzene rings is 1. The van der Waals surface area contributed by atoms with E-state index in [2.05, 4.69) is 26.9 Å². The smallest absolute Gasteiger partial charge is 0.316 e. The number of nitrogens with zero attached hydrogens (tertiary/aromatic N) is 2. The molecule has 0 saturated heterocycles. The second-order valence-corrected chi connectivity index (χ2v) is 5.13. The van der Waals surface area contributed by atoms with Crippen molar-refractivity contribution in [2.24, 2.45) is 0 Å². The summed E-state index contributed by atoms with van der Waals surface area (Å²) in [5.41, 5.74) is 0.869. The van der Waals surface area contributed by atoms with Gasteiger partial charge in [-0.2, -0.15) is 0 Å². The van der Waals surface area contributed by atoms with Crippen LogP contribution in [-0.2, 0) is 9.53 Å². The van der Waals surface area contributed by atoms with Crippen molar-refractivity contribution in [1.82, 2.24) is 9.97 Å². The monoisotopic (exact) mass is 291 g/mol. The zero-order chi connectivity index (χ0) is 14.4. The van der Waals surface area contributed by atoms with Crippen LogP contribution in [0.25, 0.3) is 10.9 Å². The van der Waals surface area contributed by atoms with Crippen LogP contribution in [0.15, 0.2) is 29.3 Å². The van der Waals surface area contributed by atoms with Crippen molar-refractivity contribution < 1.29 is 9.53 Å². The number of aromatic nitrogens is 2. The number of hydrogen-bond donors (Lipinski definition) is 1. The van der Waals surface area contributed by atoms with Crippen molar-refractivity contribution in [2.45, 2.75) is 18.4 Å². The van der Waals surface area contributed by atoms with Gasteiger partial charge >= 0.3 is 5.97 Å². The lowest BCUT2D eigenvalue weighted by Gasteiger charge is -2.08. The predicted octanol–water partition coefficient (Wildman–Crippen LogP) is 2.72. The molecule has 0 fully saturated rings. The minimum Gasteiger partial charge on any atom is -0.468 e. The molecular formula is C14H17N3O2S. The van der Waals surface area contributed by atoms with Gasteiger partial charge in [0.15, 0.2) is 0 Å². The van der Waals surface area contributed by atoms with E-state index < -0.39 is 0 Å². The van der Waals surface area contributed by atoms with Crippen LogP contribution in [0.4, 0.5) is 5.95 Å². The van der Waals surface area contributed by atoms with Crippen LogP contribution in [-0.4, -0.2) is 35.3 Å². The van der Waals surface area contributed by atoms with Crippen LogP contribution in [0.3, 0.4) is 0 Å². The molecule has 20 heavy (non-hydrogen) atoms. The first-order valence-electron chi connectivity index (χ1n) is 6.45. The van der Waals surface area contributed by atoms with E-state index in [0.717, 1.165) is 28.9 Å². The maximum atomic E-state index is 11.3. The standard InChI is InChI=1S/C14H17N3O2S/c1-3-8-15-14-16-11-7-5-4-6-10(11)13(17-14)20-9-12(18)19-2/h4-7H,3,8-9H2,1-2H3,(H,15,16,17). The van der Waals surface area contributed by atoms with Crippen LogP contribution < -0.4 is 5.32 Å². The summed E-state index contributed by atoms with van der Waals surface area (Å²) in [4.78, 5) is 20.2. The molecule has 1 heterocycles. The summed E-state index contributed by atoms with van der Waals surface area (Å²) in [5, 5.41) is 4.92. The van der Waals surface area contributed by atoms with Gasteiger partial charge in [-0.1, -0.05) is 36.9 Å². The second-order valence-electron chi connectivity index (χ2n) is 4.16. The lowest BCUT2D eigenvalue weighted by atomic mass is 10.2. The Kier molecular flexibility index (Phi) is 5.17. The molecule has 0 unspecified atom stereocenters. The van der Waals surface area contributed by atoms with E-state index in [1.165, 1.54) is 18.9 Å². The summed E-state index contributed by atoms with van der Waals surface area (Å²) in [7, 11) is 1.38. The molecule has 5 nitrogen and oxygen atoms in total. The molecule has 1 aromatic heterocycles. The topological polar surface area (TPSA) is 64.1 Å². The molecule has 0 aliphatic carbocycles. The first-order valence-corrected chi connectivity index (χ1v) is 7.43. The van der Waals surface area contributed by atoms with Crippen LogP contribution in [0.2, 0.25) is 0 Å². The number of thioether (sulfide) groups is 1. The fourth-order valence-corrected chi connectivity index (χ4v) is 2.51. The summed E-state index contributed by atoms with van der Waals surface area (Å²) in [5.74, 6) is 0.573. The summed E-state index contributed by atoms with van der Waals surface area (Å²) >= 11 is 1.36. The Labute approximate surface area is 122 Å². The fraction of sp³-hybridized carbons (Fsp3) is 0.357. The molecule has 1 aromatic carbocycles. The van der Waals surface area contributed by atoms with Gasteiger partial charge in [0, 0.05) is 11.9 Å². The summed E-state index contributed by atoms with van der Waals surface area (Å²) in [6.45, 7) is 2.90. The minimum atomic E-state index is -0.263. The molecule has 0 amide bonds. The third-order valence-corrected chi connectivity index (χ3v) is 3.62. The van der Waals surface area contributed by atoms with Gasteiger partial charge in [0.05, 0.1) is 18.4 Å². The van der Waals surface area contributed by atoms with E-state index in [9.17, 15) is 4.79 Å². The normalized spacial score (nSPS) is 10.5. The predicted molar refractivity (Wildman–Crippen MR) is 81.1 cm³/mol. The van der Waals surface area contributed by atoms with Crippen molar-refractivity contribution in [3.05, 3.63) is 24.3 Å². The van der Waals surface area contributed by atoms with Crippen molar-refractivity contribution in [2.75, 3.05) is 24.7 Å². The van der Waals surface area contributed by atoms with Crippen LogP contribution >= 0.6 is 11.8 Å². The SMILES string of the molecule is CCCNc1nc(SCC(=O)OC)c2ccccc2n1. The Morgan fingerprint density at radius 1 is 1.35 bits per heavy atom. The molecule has 0 aliphatic rings. The molecule has 0 aliphatic heterocycles. The molecule has 0 bridgehead atoms. The maximum absolute atomic E-state index is 11.3. The quantitative estimate of drug-likeness (QED) is 0.501. The molecule has 6 heteroatoms. The molecular weight excluding hydrogens is 274 g/mol. The zero-order valence-corrected chi connectivity index (χ0v) is 12.4. The molecule has 0 saturated carbocycles. The number of fused-ring (bicyclic) bond motifs is 1. The first-order chi connectivity index (χ1) is 9.74. The number of carbonyl (C=O) groups is 1. The average Bonchev–Trinajstić information content (AvgIpc) is 2.50. The van der Waals surface area contributed by atoms with Crippen molar-refractivity contribution in [3.63, 3.8) is 0 Å². The van der Waals surface area contributed by atoms with Crippen LogP contribution in [0.1, 0.15) is 13.3 Å². The van der Waals surface area contributed by atoms with E-state index >= 15 is 0 Å². The third-order valence-electron chi connectivity index (χ3n) is 2.66. The van der Waals surface area contributed by atoms with Gasteiger partial charge in [-0.3, -0.25) is 4.79 Å². The lowest BCUT2D eigenvalue weighted by Crippen LogP contribution is -2.07. The number of hydrogen-bond acceptors (Lipinski definition) is 6. The molecule has 106 valence electrons. The van der Waals surface area contributed by atoms with E-state index in [4.69, 9.17) is 0 Å². The molecule has 2 aromatic rings. The fourth-order valence-electron chi connectivity index (χ4n) is 1.66. The van der Waals surface area contributed by atoms with E-state index in [1.807, 2.05) is 24.3 Å². The number of nitrogens with one attached hydrogen (secondary N) is 1. The maximum Gasteiger partial charge on any atom is 0.316 e. The summed E-state index contributed by atoms with van der Waals surface area (Å²) in [6, 6.07) is 7.77. The number of ether oxygens (including phenoxy) is 1. The average molecular weight is 291 g/mol. The number of anilines is 1. The van der Waals surface area contributed by atoms with Gasteiger partial charge in [-0.05, 0) is 12.5 Å². The second kappa shape index (κ2) is 7.09. The minimum absolute atomic E-state index is 0.241. The Bertz CT molecular complexity index is 604. The van der Waals surface area contributed by atoms with Gasteiger partial charge in [0.2, 0.25) is 5.95 Å². The van der Waals surface area contributed by atoms with Crippen molar-refractivity contribution in [3.8, 4) is 0 Å².